The topological polar surface area (TPSA) is 54.3 Å². The zero-order valence-electron chi connectivity index (χ0n) is 14.8. The van der Waals surface area contributed by atoms with Crippen LogP contribution in [0.1, 0.15) is 6.42 Å². The number of benzene rings is 2. The Morgan fingerprint density at radius 1 is 1.11 bits per heavy atom. The molecule has 1 fully saturated rings. The van der Waals surface area contributed by atoms with Crippen molar-refractivity contribution in [1.82, 2.24) is 9.88 Å². The molecule has 0 radical (unpaired) electrons. The Hall–Kier alpha value is -2.79. The highest BCUT2D eigenvalue weighted by Gasteiger charge is 2.34. The van der Waals surface area contributed by atoms with Crippen LogP contribution in [0, 0.1) is 5.92 Å². The summed E-state index contributed by atoms with van der Waals surface area (Å²) in [5, 5.41) is 4.78. The molecule has 1 unspecified atom stereocenters. The van der Waals surface area contributed by atoms with Crippen LogP contribution in [0.3, 0.4) is 0 Å². The molecular formula is C21H20ClN3O2. The molecule has 1 atom stereocenters. The third-order valence-electron chi connectivity index (χ3n) is 4.97. The van der Waals surface area contributed by atoms with Crippen molar-refractivity contribution in [1.29, 1.82) is 0 Å². The SMILES string of the molecule is O=C(NCCn1ccc2ccccc21)C1CC(=O)N(c2ccc(Cl)cc2)C1. The van der Waals surface area contributed by atoms with Crippen molar-refractivity contribution >= 4 is 40.0 Å². The molecule has 1 aliphatic heterocycles. The van der Waals surface area contributed by atoms with Crippen molar-refractivity contribution in [2.75, 3.05) is 18.0 Å². The van der Waals surface area contributed by atoms with E-state index in [4.69, 9.17) is 11.6 Å². The van der Waals surface area contributed by atoms with E-state index in [0.29, 0.717) is 24.7 Å². The van der Waals surface area contributed by atoms with Gasteiger partial charge in [-0.3, -0.25) is 9.59 Å². The molecule has 6 heteroatoms. The second kappa shape index (κ2) is 7.45. The van der Waals surface area contributed by atoms with Crippen LogP contribution >= 0.6 is 11.6 Å². The Bertz CT molecular complexity index is 981. The summed E-state index contributed by atoms with van der Waals surface area (Å²) >= 11 is 5.90. The first-order chi connectivity index (χ1) is 13.1. The fourth-order valence-electron chi connectivity index (χ4n) is 3.53. The van der Waals surface area contributed by atoms with Gasteiger partial charge >= 0.3 is 0 Å². The standard InChI is InChI=1S/C21H20ClN3O2/c22-17-5-7-18(8-6-17)25-14-16(13-20(25)26)21(27)23-10-12-24-11-9-15-3-1-2-4-19(15)24/h1-9,11,16H,10,12-14H2,(H,23,27). The van der Waals surface area contributed by atoms with Gasteiger partial charge < -0.3 is 14.8 Å². The third kappa shape index (κ3) is 3.69. The van der Waals surface area contributed by atoms with Gasteiger partial charge in [-0.15, -0.1) is 0 Å². The molecule has 4 rings (SSSR count). The van der Waals surface area contributed by atoms with Crippen LogP contribution in [-0.2, 0) is 16.1 Å². The molecule has 1 N–H and O–H groups in total. The number of amides is 2. The minimum Gasteiger partial charge on any atom is -0.354 e. The number of fused-ring (bicyclic) bond motifs is 1. The summed E-state index contributed by atoms with van der Waals surface area (Å²) in [5.41, 5.74) is 1.93. The van der Waals surface area contributed by atoms with E-state index >= 15 is 0 Å². The summed E-state index contributed by atoms with van der Waals surface area (Å²) in [7, 11) is 0. The van der Waals surface area contributed by atoms with Crippen LogP contribution in [0.15, 0.2) is 60.8 Å². The predicted molar refractivity (Wildman–Crippen MR) is 107 cm³/mol. The van der Waals surface area contributed by atoms with Crippen LogP contribution in [-0.4, -0.2) is 29.5 Å². The van der Waals surface area contributed by atoms with E-state index in [9.17, 15) is 9.59 Å². The number of nitrogens with zero attached hydrogens (tertiary/aromatic N) is 2. The molecule has 0 bridgehead atoms. The fourth-order valence-corrected chi connectivity index (χ4v) is 3.66. The van der Waals surface area contributed by atoms with Crippen LogP contribution in [0.25, 0.3) is 10.9 Å². The second-order valence-electron chi connectivity index (χ2n) is 6.74. The average Bonchev–Trinajstić information content (AvgIpc) is 3.26. The molecule has 5 nitrogen and oxygen atoms in total. The first-order valence-electron chi connectivity index (χ1n) is 8.99. The van der Waals surface area contributed by atoms with Crippen molar-refractivity contribution in [2.45, 2.75) is 13.0 Å². The molecule has 2 amide bonds. The Morgan fingerprint density at radius 2 is 1.89 bits per heavy atom. The molecule has 0 spiro atoms. The number of para-hydroxylation sites is 1. The molecule has 1 saturated heterocycles. The number of anilines is 1. The van der Waals surface area contributed by atoms with E-state index in [-0.39, 0.29) is 24.2 Å². The molecule has 0 saturated carbocycles. The number of carbonyl (C=O) groups excluding carboxylic acids is 2. The second-order valence-corrected chi connectivity index (χ2v) is 7.18. The van der Waals surface area contributed by atoms with Gasteiger partial charge in [0.1, 0.15) is 0 Å². The summed E-state index contributed by atoms with van der Waals surface area (Å²) in [4.78, 5) is 26.4. The average molecular weight is 382 g/mol. The van der Waals surface area contributed by atoms with Crippen LogP contribution < -0.4 is 10.2 Å². The molecule has 2 heterocycles. The van der Waals surface area contributed by atoms with Gasteiger partial charge in [-0.2, -0.15) is 0 Å². The Balaban J connectivity index is 1.33. The minimum atomic E-state index is -0.324. The van der Waals surface area contributed by atoms with Gasteiger partial charge in [0.25, 0.3) is 0 Å². The number of hydrogen-bond donors (Lipinski definition) is 1. The Labute approximate surface area is 162 Å². The maximum Gasteiger partial charge on any atom is 0.227 e. The quantitative estimate of drug-likeness (QED) is 0.735. The number of carbonyl (C=O) groups is 2. The molecule has 0 aliphatic carbocycles. The molecule has 27 heavy (non-hydrogen) atoms. The predicted octanol–water partition coefficient (Wildman–Crippen LogP) is 3.46. The van der Waals surface area contributed by atoms with Crippen molar-refractivity contribution in [3.63, 3.8) is 0 Å². The molecule has 1 aromatic heterocycles. The summed E-state index contributed by atoms with van der Waals surface area (Å²) < 4.78 is 2.12. The highest BCUT2D eigenvalue weighted by Crippen LogP contribution is 2.26. The summed E-state index contributed by atoms with van der Waals surface area (Å²) in [6, 6.07) is 17.3. The van der Waals surface area contributed by atoms with E-state index in [2.05, 4.69) is 28.1 Å². The zero-order valence-corrected chi connectivity index (χ0v) is 15.5. The maximum atomic E-state index is 12.5. The highest BCUT2D eigenvalue weighted by molar-refractivity contribution is 6.30. The van der Waals surface area contributed by atoms with E-state index in [1.807, 2.05) is 18.3 Å². The molecule has 2 aromatic carbocycles. The van der Waals surface area contributed by atoms with E-state index in [1.54, 1.807) is 29.2 Å². The maximum absolute atomic E-state index is 12.5. The lowest BCUT2D eigenvalue weighted by atomic mass is 10.1. The van der Waals surface area contributed by atoms with Gasteiger partial charge in [0.2, 0.25) is 11.8 Å². The Morgan fingerprint density at radius 3 is 2.70 bits per heavy atom. The fraction of sp³-hybridized carbons (Fsp3) is 0.238. The van der Waals surface area contributed by atoms with E-state index < -0.39 is 0 Å². The zero-order chi connectivity index (χ0) is 18.8. The summed E-state index contributed by atoms with van der Waals surface area (Å²) in [6.07, 6.45) is 2.26. The molecule has 138 valence electrons. The molecule has 3 aromatic rings. The summed E-state index contributed by atoms with van der Waals surface area (Å²) in [6.45, 7) is 1.63. The Kier molecular flexibility index (Phi) is 4.86. The number of nitrogens with one attached hydrogen (secondary N) is 1. The van der Waals surface area contributed by atoms with E-state index in [0.717, 1.165) is 11.2 Å². The third-order valence-corrected chi connectivity index (χ3v) is 5.22. The first-order valence-corrected chi connectivity index (χ1v) is 9.37. The van der Waals surface area contributed by atoms with Gasteiger partial charge in [0.15, 0.2) is 0 Å². The summed E-state index contributed by atoms with van der Waals surface area (Å²) in [5.74, 6) is -0.431. The lowest BCUT2D eigenvalue weighted by Gasteiger charge is -2.17. The van der Waals surface area contributed by atoms with Crippen LogP contribution in [0.5, 0.6) is 0 Å². The van der Waals surface area contributed by atoms with Gasteiger partial charge in [-0.25, -0.2) is 0 Å². The molecular weight excluding hydrogens is 362 g/mol. The van der Waals surface area contributed by atoms with Gasteiger partial charge in [-0.05, 0) is 41.8 Å². The lowest BCUT2D eigenvalue weighted by molar-refractivity contribution is -0.126. The number of rotatable bonds is 5. The van der Waals surface area contributed by atoms with Crippen molar-refractivity contribution in [2.24, 2.45) is 5.92 Å². The number of aromatic nitrogens is 1. The highest BCUT2D eigenvalue weighted by atomic mass is 35.5. The number of halogens is 1. The number of hydrogen-bond acceptors (Lipinski definition) is 2. The first kappa shape index (κ1) is 17.6. The monoisotopic (exact) mass is 381 g/mol. The lowest BCUT2D eigenvalue weighted by Crippen LogP contribution is -2.34. The largest absolute Gasteiger partial charge is 0.354 e. The van der Waals surface area contributed by atoms with Crippen molar-refractivity contribution < 1.29 is 9.59 Å². The normalized spacial score (nSPS) is 16.9. The van der Waals surface area contributed by atoms with Crippen molar-refractivity contribution in [3.05, 3.63) is 65.8 Å². The van der Waals surface area contributed by atoms with Crippen LogP contribution in [0.2, 0.25) is 5.02 Å². The van der Waals surface area contributed by atoms with Crippen molar-refractivity contribution in [3.8, 4) is 0 Å². The minimum absolute atomic E-state index is 0.0334. The smallest absolute Gasteiger partial charge is 0.227 e. The van der Waals surface area contributed by atoms with Gasteiger partial charge in [0.05, 0.1) is 5.92 Å². The van der Waals surface area contributed by atoms with E-state index in [1.165, 1.54) is 5.39 Å². The van der Waals surface area contributed by atoms with Gasteiger partial charge in [-0.1, -0.05) is 29.8 Å². The molecule has 1 aliphatic rings. The van der Waals surface area contributed by atoms with Gasteiger partial charge in [0, 0.05) is 48.5 Å². The van der Waals surface area contributed by atoms with Crippen LogP contribution in [0.4, 0.5) is 5.69 Å².